The molecule has 7 nitrogen and oxygen atoms in total. The molecule has 0 spiro atoms. The molecule has 1 aliphatic heterocycles. The van der Waals surface area contributed by atoms with Gasteiger partial charge in [-0.3, -0.25) is 4.90 Å². The van der Waals surface area contributed by atoms with Gasteiger partial charge in [0, 0.05) is 31.0 Å². The van der Waals surface area contributed by atoms with Crippen LogP contribution in [0.25, 0.3) is 0 Å². The molecule has 0 bridgehead atoms. The van der Waals surface area contributed by atoms with Crippen LogP contribution in [0.3, 0.4) is 0 Å². The zero-order valence-corrected chi connectivity index (χ0v) is 15.1. The van der Waals surface area contributed by atoms with Gasteiger partial charge in [-0.05, 0) is 47.1 Å². The quantitative estimate of drug-likeness (QED) is 0.908. The molecule has 132 valence electrons. The molecular formula is C17H28N6O. The molecule has 24 heavy (non-hydrogen) atoms. The number of piperidine rings is 1. The lowest BCUT2D eigenvalue weighted by Crippen LogP contribution is -2.46. The molecule has 2 aromatic rings. The lowest BCUT2D eigenvalue weighted by atomic mass is 9.90. The van der Waals surface area contributed by atoms with Gasteiger partial charge >= 0.3 is 0 Å². The molecule has 0 radical (unpaired) electrons. The van der Waals surface area contributed by atoms with Gasteiger partial charge in [0.25, 0.3) is 0 Å². The van der Waals surface area contributed by atoms with Gasteiger partial charge < -0.3 is 9.67 Å². The number of likely N-dealkylation sites (tertiary alicyclic amines) is 1. The second kappa shape index (κ2) is 6.64. The molecule has 0 aliphatic carbocycles. The average Bonchev–Trinajstić information content (AvgIpc) is 3.16. The van der Waals surface area contributed by atoms with E-state index in [9.17, 15) is 5.11 Å². The minimum Gasteiger partial charge on any atom is -0.382 e. The molecule has 2 aromatic heterocycles. The Kier molecular flexibility index (Phi) is 4.73. The summed E-state index contributed by atoms with van der Waals surface area (Å²) in [5, 5.41) is 19.5. The maximum Gasteiger partial charge on any atom is 0.123 e. The monoisotopic (exact) mass is 332 g/mol. The van der Waals surface area contributed by atoms with Crippen molar-refractivity contribution < 1.29 is 5.11 Å². The Labute approximate surface area is 143 Å². The van der Waals surface area contributed by atoms with Crippen molar-refractivity contribution >= 4 is 0 Å². The molecule has 3 heterocycles. The minimum atomic E-state index is -0.930. The van der Waals surface area contributed by atoms with Crippen LogP contribution in [0, 0.1) is 0 Å². The molecule has 7 heteroatoms. The lowest BCUT2D eigenvalue weighted by molar-refractivity contribution is -0.0423. The van der Waals surface area contributed by atoms with Crippen molar-refractivity contribution in [2.24, 2.45) is 0 Å². The molecule has 3 rings (SSSR count). The number of hydrogen-bond donors (Lipinski definition) is 1. The zero-order chi connectivity index (χ0) is 17.3. The lowest BCUT2D eigenvalue weighted by Gasteiger charge is -2.37. The number of imidazole rings is 1. The topological polar surface area (TPSA) is 72.0 Å². The van der Waals surface area contributed by atoms with Crippen molar-refractivity contribution in [2.75, 3.05) is 13.1 Å². The van der Waals surface area contributed by atoms with Crippen LogP contribution >= 0.6 is 0 Å². The Morgan fingerprint density at radius 2 is 2.04 bits per heavy atom. The Morgan fingerprint density at radius 1 is 1.25 bits per heavy atom. The van der Waals surface area contributed by atoms with E-state index in [0.29, 0.717) is 18.3 Å². The van der Waals surface area contributed by atoms with Crippen molar-refractivity contribution in [1.82, 2.24) is 29.4 Å². The van der Waals surface area contributed by atoms with Crippen LogP contribution < -0.4 is 0 Å². The molecule has 0 amide bonds. The van der Waals surface area contributed by atoms with E-state index in [-0.39, 0.29) is 6.04 Å². The molecular weight excluding hydrogens is 304 g/mol. The first-order valence-corrected chi connectivity index (χ1v) is 8.78. The summed E-state index contributed by atoms with van der Waals surface area (Å²) < 4.78 is 3.99. The van der Waals surface area contributed by atoms with Crippen molar-refractivity contribution in [3.8, 4) is 0 Å². The van der Waals surface area contributed by atoms with Crippen molar-refractivity contribution in [2.45, 2.75) is 64.8 Å². The number of rotatable bonds is 5. The second-order valence-electron chi connectivity index (χ2n) is 7.37. The van der Waals surface area contributed by atoms with Crippen molar-refractivity contribution in [3.05, 3.63) is 30.1 Å². The number of nitrogens with zero attached hydrogens (tertiary/aromatic N) is 6. The third kappa shape index (κ3) is 3.37. The van der Waals surface area contributed by atoms with E-state index in [0.717, 1.165) is 31.8 Å². The molecule has 1 saturated heterocycles. The van der Waals surface area contributed by atoms with Gasteiger partial charge in [-0.2, -0.15) is 0 Å². The van der Waals surface area contributed by atoms with Crippen LogP contribution in [0.4, 0.5) is 0 Å². The second-order valence-corrected chi connectivity index (χ2v) is 7.37. The number of aromatic nitrogens is 5. The molecule has 0 aromatic carbocycles. The van der Waals surface area contributed by atoms with E-state index in [2.05, 4.69) is 52.5 Å². The van der Waals surface area contributed by atoms with Crippen molar-refractivity contribution in [3.63, 3.8) is 0 Å². The fourth-order valence-corrected chi connectivity index (χ4v) is 3.35. The highest BCUT2D eigenvalue weighted by Gasteiger charge is 2.38. The SMILES string of the molecule is CC(C)n1cc([C@@]2(O)CCCN(Cc3nccn3C(C)C)C2)nn1. The summed E-state index contributed by atoms with van der Waals surface area (Å²) >= 11 is 0. The number of hydrogen-bond acceptors (Lipinski definition) is 5. The largest absolute Gasteiger partial charge is 0.382 e. The van der Waals surface area contributed by atoms with Crippen molar-refractivity contribution in [1.29, 1.82) is 0 Å². The smallest absolute Gasteiger partial charge is 0.123 e. The Hall–Kier alpha value is -1.73. The van der Waals surface area contributed by atoms with E-state index in [1.807, 2.05) is 18.6 Å². The van der Waals surface area contributed by atoms with E-state index in [1.165, 1.54) is 0 Å². The van der Waals surface area contributed by atoms with E-state index >= 15 is 0 Å². The normalized spacial score (nSPS) is 22.6. The van der Waals surface area contributed by atoms with Gasteiger partial charge in [0.2, 0.25) is 0 Å². The standard InChI is InChI=1S/C17H28N6O/c1-13(2)22-9-7-18-16(22)11-21-8-5-6-17(24,12-21)15-10-23(14(3)4)20-19-15/h7,9-10,13-14,24H,5-6,8,11-12H2,1-4H3/t17-/m1/s1. The van der Waals surface area contributed by atoms with Gasteiger partial charge in [0.05, 0.1) is 12.7 Å². The predicted octanol–water partition coefficient (Wildman–Crippen LogP) is 2.12. The van der Waals surface area contributed by atoms with Crippen LogP contribution in [-0.2, 0) is 12.1 Å². The van der Waals surface area contributed by atoms with Gasteiger partial charge in [-0.25, -0.2) is 9.67 Å². The molecule has 0 saturated carbocycles. The van der Waals surface area contributed by atoms with Gasteiger partial charge in [0.15, 0.2) is 0 Å². The van der Waals surface area contributed by atoms with Crippen LogP contribution in [0.2, 0.25) is 0 Å². The zero-order valence-electron chi connectivity index (χ0n) is 15.1. The van der Waals surface area contributed by atoms with Crippen LogP contribution in [0.1, 0.15) is 64.1 Å². The van der Waals surface area contributed by atoms with E-state index in [1.54, 1.807) is 4.68 Å². The third-order valence-corrected chi connectivity index (χ3v) is 4.74. The average molecular weight is 332 g/mol. The van der Waals surface area contributed by atoms with Crippen LogP contribution in [0.5, 0.6) is 0 Å². The summed E-state index contributed by atoms with van der Waals surface area (Å²) in [4.78, 5) is 6.75. The highest BCUT2D eigenvalue weighted by molar-refractivity contribution is 5.10. The fourth-order valence-electron chi connectivity index (χ4n) is 3.35. The maximum absolute atomic E-state index is 11.1. The number of aliphatic hydroxyl groups is 1. The summed E-state index contributed by atoms with van der Waals surface area (Å²) in [5.74, 6) is 1.04. The van der Waals surface area contributed by atoms with Crippen LogP contribution in [-0.4, -0.2) is 47.6 Å². The van der Waals surface area contributed by atoms with Crippen LogP contribution in [0.15, 0.2) is 18.6 Å². The van der Waals surface area contributed by atoms with Gasteiger partial charge in [-0.15, -0.1) is 5.10 Å². The molecule has 1 atom stereocenters. The van der Waals surface area contributed by atoms with Gasteiger partial charge in [-0.1, -0.05) is 5.21 Å². The van der Waals surface area contributed by atoms with E-state index in [4.69, 9.17) is 0 Å². The first kappa shape index (κ1) is 17.1. The fraction of sp³-hybridized carbons (Fsp3) is 0.706. The molecule has 1 aliphatic rings. The van der Waals surface area contributed by atoms with E-state index < -0.39 is 5.60 Å². The maximum atomic E-state index is 11.1. The summed E-state index contributed by atoms with van der Waals surface area (Å²) in [6, 6.07) is 0.630. The first-order chi connectivity index (χ1) is 11.4. The highest BCUT2D eigenvalue weighted by Crippen LogP contribution is 2.31. The summed E-state index contributed by atoms with van der Waals surface area (Å²) in [6.07, 6.45) is 7.40. The third-order valence-electron chi connectivity index (χ3n) is 4.74. The predicted molar refractivity (Wildman–Crippen MR) is 91.4 cm³/mol. The Bertz CT molecular complexity index is 676. The Morgan fingerprint density at radius 3 is 2.71 bits per heavy atom. The van der Waals surface area contributed by atoms with Gasteiger partial charge in [0.1, 0.15) is 17.1 Å². The summed E-state index contributed by atoms with van der Waals surface area (Å²) in [5.41, 5.74) is -0.256. The molecule has 0 unspecified atom stereocenters. The highest BCUT2D eigenvalue weighted by atomic mass is 16.3. The molecule has 1 fully saturated rings. The minimum absolute atomic E-state index is 0.244. The Balaban J connectivity index is 1.74. The summed E-state index contributed by atoms with van der Waals surface area (Å²) in [6.45, 7) is 10.7. The molecule has 1 N–H and O–H groups in total. The number of β-amino-alcohol motifs (C(OH)–C–C–N with tert-alkyl or cyclic N) is 1. The summed E-state index contributed by atoms with van der Waals surface area (Å²) in [7, 11) is 0. The first-order valence-electron chi connectivity index (χ1n) is 8.78.